The van der Waals surface area contributed by atoms with Gasteiger partial charge in [-0.3, -0.25) is 0 Å². The van der Waals surface area contributed by atoms with Gasteiger partial charge < -0.3 is 22.7 Å². The van der Waals surface area contributed by atoms with E-state index in [1.54, 1.807) is 0 Å². The molecule has 0 radical (unpaired) electrons. The van der Waals surface area contributed by atoms with Gasteiger partial charge in [0.1, 0.15) is 0 Å². The third-order valence-corrected chi connectivity index (χ3v) is 2.86. The van der Waals surface area contributed by atoms with Gasteiger partial charge in [-0.2, -0.15) is 0 Å². The van der Waals surface area contributed by atoms with Crippen molar-refractivity contribution in [1.82, 2.24) is 4.98 Å². The molecule has 1 heterocycles. The van der Waals surface area contributed by atoms with Gasteiger partial charge >= 0.3 is 0 Å². The predicted octanol–water partition coefficient (Wildman–Crippen LogP) is 0.159. The maximum atomic E-state index is 5.54. The van der Waals surface area contributed by atoms with E-state index in [2.05, 4.69) is 20.9 Å². The fraction of sp³-hybridized carbons (Fsp3) is 0. The predicted molar refractivity (Wildman–Crippen MR) is 59.7 cm³/mol. The van der Waals surface area contributed by atoms with Crippen molar-refractivity contribution < 1.29 is 17.0 Å². The lowest BCUT2D eigenvalue weighted by Crippen LogP contribution is -3.00. The highest BCUT2D eigenvalue weighted by molar-refractivity contribution is 9.10. The summed E-state index contributed by atoms with van der Waals surface area (Å²) < 4.78 is 1.07. The van der Waals surface area contributed by atoms with E-state index in [4.69, 9.17) is 5.73 Å². The lowest BCUT2D eigenvalue weighted by molar-refractivity contribution is -0.00000249. The molecular weight excluding hydrogens is 328 g/mol. The van der Waals surface area contributed by atoms with Crippen molar-refractivity contribution in [3.05, 3.63) is 34.1 Å². The Balaban J connectivity index is 0.000000980. The first-order valence-corrected chi connectivity index (χ1v) is 5.40. The molecule has 2 rings (SSSR count). The molecule has 2 N–H and O–H groups in total. The maximum Gasteiger partial charge on any atom is 0.180 e. The summed E-state index contributed by atoms with van der Waals surface area (Å²) in [5.74, 6) is 0. The Kier molecular flexibility index (Phi) is 4.10. The van der Waals surface area contributed by atoms with Crippen LogP contribution < -0.4 is 22.7 Å². The second-order valence-electron chi connectivity index (χ2n) is 2.58. The first-order valence-electron chi connectivity index (χ1n) is 3.72. The Morgan fingerprint density at radius 3 is 2.36 bits per heavy atom. The second kappa shape index (κ2) is 4.91. The number of anilines is 1. The number of rotatable bonds is 1. The highest BCUT2D eigenvalue weighted by Gasteiger charge is 2.00. The van der Waals surface area contributed by atoms with Crippen LogP contribution in [0.15, 0.2) is 34.1 Å². The number of nitrogens with two attached hydrogens (primary N) is 1. The Morgan fingerprint density at radius 1 is 1.21 bits per heavy atom. The number of hydrogen-bond acceptors (Lipinski definition) is 3. The normalized spacial score (nSPS) is 9.50. The maximum absolute atomic E-state index is 5.54. The van der Waals surface area contributed by atoms with Crippen LogP contribution in [0, 0.1) is 0 Å². The smallest absolute Gasteiger partial charge is 0.180 e. The van der Waals surface area contributed by atoms with Crippen LogP contribution in [0.4, 0.5) is 5.13 Å². The summed E-state index contributed by atoms with van der Waals surface area (Å²) in [7, 11) is 0. The molecule has 0 atom stereocenters. The van der Waals surface area contributed by atoms with Crippen molar-refractivity contribution in [2.24, 2.45) is 0 Å². The summed E-state index contributed by atoms with van der Waals surface area (Å²) in [6, 6.07) is 8.01. The van der Waals surface area contributed by atoms with Gasteiger partial charge in [0.25, 0.3) is 0 Å². The van der Waals surface area contributed by atoms with E-state index in [1.807, 2.05) is 29.6 Å². The van der Waals surface area contributed by atoms with E-state index in [-0.39, 0.29) is 17.0 Å². The molecule has 0 amide bonds. The summed E-state index contributed by atoms with van der Waals surface area (Å²) in [6.45, 7) is 0. The van der Waals surface area contributed by atoms with Crippen LogP contribution in [0.5, 0.6) is 0 Å². The summed E-state index contributed by atoms with van der Waals surface area (Å²) in [5, 5.41) is 2.57. The van der Waals surface area contributed by atoms with E-state index in [9.17, 15) is 0 Å². The second-order valence-corrected chi connectivity index (χ2v) is 4.38. The van der Waals surface area contributed by atoms with Crippen molar-refractivity contribution in [2.75, 3.05) is 5.73 Å². The number of aromatic nitrogens is 1. The molecule has 0 unspecified atom stereocenters. The van der Waals surface area contributed by atoms with Gasteiger partial charge in [0.05, 0.1) is 5.69 Å². The van der Waals surface area contributed by atoms with Crippen LogP contribution in [0.25, 0.3) is 11.3 Å². The monoisotopic (exact) mass is 333 g/mol. The van der Waals surface area contributed by atoms with Crippen LogP contribution in [-0.4, -0.2) is 4.98 Å². The van der Waals surface area contributed by atoms with Gasteiger partial charge in [-0.05, 0) is 12.1 Å². The minimum atomic E-state index is 0. The molecular formula is C9H7Br2N2S-. The summed E-state index contributed by atoms with van der Waals surface area (Å²) in [5.41, 5.74) is 7.58. The van der Waals surface area contributed by atoms with Crippen molar-refractivity contribution in [1.29, 1.82) is 0 Å². The third-order valence-electron chi connectivity index (χ3n) is 1.66. The SMILES string of the molecule is Nc1nc(-c2ccc(Br)cc2)cs1.[Br-]. The minimum Gasteiger partial charge on any atom is -1.00 e. The molecule has 74 valence electrons. The molecule has 0 aliphatic heterocycles. The molecule has 2 aromatic rings. The van der Waals surface area contributed by atoms with Crippen molar-refractivity contribution in [3.8, 4) is 11.3 Å². The quantitative estimate of drug-likeness (QED) is 0.807. The number of halogens is 2. The number of hydrogen-bond donors (Lipinski definition) is 1. The Morgan fingerprint density at radius 2 is 1.86 bits per heavy atom. The molecule has 5 heteroatoms. The Bertz CT molecular complexity index is 411. The molecule has 2 nitrogen and oxygen atoms in total. The van der Waals surface area contributed by atoms with Crippen molar-refractivity contribution in [3.63, 3.8) is 0 Å². The van der Waals surface area contributed by atoms with E-state index >= 15 is 0 Å². The fourth-order valence-electron chi connectivity index (χ4n) is 1.04. The van der Waals surface area contributed by atoms with Gasteiger partial charge in [0, 0.05) is 15.4 Å². The highest BCUT2D eigenvalue weighted by Crippen LogP contribution is 2.24. The molecule has 1 aromatic heterocycles. The van der Waals surface area contributed by atoms with Gasteiger partial charge in [-0.1, -0.05) is 28.1 Å². The molecule has 0 bridgehead atoms. The molecule has 1 aromatic carbocycles. The van der Waals surface area contributed by atoms with Crippen molar-refractivity contribution >= 4 is 32.4 Å². The van der Waals surface area contributed by atoms with Gasteiger partial charge in [0.15, 0.2) is 5.13 Å². The lowest BCUT2D eigenvalue weighted by Gasteiger charge is -1.95. The first kappa shape index (κ1) is 11.7. The van der Waals surface area contributed by atoms with E-state index in [1.165, 1.54) is 11.3 Å². The van der Waals surface area contributed by atoms with Crippen molar-refractivity contribution in [2.45, 2.75) is 0 Å². The molecule has 14 heavy (non-hydrogen) atoms. The molecule has 0 saturated heterocycles. The Hall–Kier alpha value is -0.390. The largest absolute Gasteiger partial charge is 1.00 e. The van der Waals surface area contributed by atoms with Crippen LogP contribution in [-0.2, 0) is 0 Å². The van der Waals surface area contributed by atoms with Gasteiger partial charge in [-0.25, -0.2) is 4.98 Å². The minimum absolute atomic E-state index is 0. The summed E-state index contributed by atoms with van der Waals surface area (Å²) in [6.07, 6.45) is 0. The van der Waals surface area contributed by atoms with Crippen LogP contribution in [0.1, 0.15) is 0 Å². The van der Waals surface area contributed by atoms with E-state index < -0.39 is 0 Å². The van der Waals surface area contributed by atoms with Gasteiger partial charge in [-0.15, -0.1) is 11.3 Å². The van der Waals surface area contributed by atoms with E-state index in [0.29, 0.717) is 5.13 Å². The standard InChI is InChI=1S/C9H7BrN2S.BrH/c10-7-3-1-6(2-4-7)8-5-13-9(11)12-8;/h1-5H,(H2,11,12);1H/p-1. The van der Waals surface area contributed by atoms with E-state index in [0.717, 1.165) is 15.7 Å². The zero-order valence-corrected chi connectivity index (χ0v) is 11.1. The Labute approximate surface area is 105 Å². The molecule has 0 saturated carbocycles. The number of nitrogen functional groups attached to an aromatic ring is 1. The van der Waals surface area contributed by atoms with Gasteiger partial charge in [0.2, 0.25) is 0 Å². The zero-order valence-electron chi connectivity index (χ0n) is 7.08. The molecule has 0 spiro atoms. The molecule has 0 fully saturated rings. The van der Waals surface area contributed by atoms with Crippen LogP contribution in [0.2, 0.25) is 0 Å². The summed E-state index contributed by atoms with van der Waals surface area (Å²) in [4.78, 5) is 4.19. The molecule has 0 aliphatic carbocycles. The van der Waals surface area contributed by atoms with Crippen LogP contribution >= 0.6 is 27.3 Å². The zero-order chi connectivity index (χ0) is 9.26. The summed E-state index contributed by atoms with van der Waals surface area (Å²) >= 11 is 4.84. The topological polar surface area (TPSA) is 38.9 Å². The number of nitrogens with zero attached hydrogens (tertiary/aromatic N) is 1. The number of thiazole rings is 1. The average Bonchev–Trinajstić information content (AvgIpc) is 2.53. The number of benzene rings is 1. The third kappa shape index (κ3) is 2.56. The molecule has 0 aliphatic rings. The fourth-order valence-corrected chi connectivity index (χ4v) is 1.88. The lowest BCUT2D eigenvalue weighted by atomic mass is 10.2. The van der Waals surface area contributed by atoms with Crippen LogP contribution in [0.3, 0.4) is 0 Å². The first-order chi connectivity index (χ1) is 6.25. The average molecular weight is 335 g/mol. The highest BCUT2D eigenvalue weighted by atomic mass is 79.9.